The molecule has 14 heteroatoms. The molecule has 2 aromatic rings. The van der Waals surface area contributed by atoms with Crippen LogP contribution in [0.1, 0.15) is 49.3 Å². The van der Waals surface area contributed by atoms with E-state index in [0.29, 0.717) is 5.56 Å². The van der Waals surface area contributed by atoms with E-state index in [4.69, 9.17) is 4.74 Å². The highest BCUT2D eigenvalue weighted by Gasteiger charge is 2.60. The van der Waals surface area contributed by atoms with Gasteiger partial charge in [-0.25, -0.2) is 31.3 Å². The lowest BCUT2D eigenvalue weighted by Crippen LogP contribution is -2.59. The number of carbonyl (C=O) groups is 3. The third-order valence-corrected chi connectivity index (χ3v) is 8.82. The predicted molar refractivity (Wildman–Crippen MR) is 140 cm³/mol. The van der Waals surface area contributed by atoms with Crippen molar-refractivity contribution in [1.29, 1.82) is 0 Å². The van der Waals surface area contributed by atoms with E-state index in [9.17, 15) is 27.2 Å². The van der Waals surface area contributed by atoms with Gasteiger partial charge < -0.3 is 9.64 Å². The maximum Gasteiger partial charge on any atom is 0.414 e. The zero-order chi connectivity index (χ0) is 29.6. The van der Waals surface area contributed by atoms with Gasteiger partial charge in [0.25, 0.3) is 0 Å². The average Bonchev–Trinajstić information content (AvgIpc) is 3.25. The van der Waals surface area contributed by atoms with E-state index in [1.54, 1.807) is 20.8 Å². The number of nitrogens with zero attached hydrogens (tertiary/aromatic N) is 4. The summed E-state index contributed by atoms with van der Waals surface area (Å²) in [4.78, 5) is 47.3. The van der Waals surface area contributed by atoms with Crippen LogP contribution in [0.25, 0.3) is 0 Å². The summed E-state index contributed by atoms with van der Waals surface area (Å²) in [5, 5.41) is 0.950. The zero-order valence-corrected chi connectivity index (χ0v) is 23.4. The Morgan fingerprint density at radius 1 is 1.18 bits per heavy atom. The van der Waals surface area contributed by atoms with E-state index < -0.39 is 61.8 Å². The number of benzene rings is 1. The molecule has 1 fully saturated rings. The van der Waals surface area contributed by atoms with Gasteiger partial charge in [-0.1, -0.05) is 6.07 Å². The number of nitrogens with one attached hydrogen (secondary N) is 1. The molecule has 214 valence electrons. The monoisotopic (exact) mass is 577 g/mol. The number of pyridine rings is 1. The van der Waals surface area contributed by atoms with Crippen molar-refractivity contribution in [3.8, 4) is 0 Å². The van der Waals surface area contributed by atoms with Crippen molar-refractivity contribution in [2.24, 2.45) is 4.99 Å². The van der Waals surface area contributed by atoms with Crippen molar-refractivity contribution in [2.45, 2.75) is 50.5 Å². The van der Waals surface area contributed by atoms with Gasteiger partial charge >= 0.3 is 6.09 Å². The van der Waals surface area contributed by atoms with E-state index in [1.807, 2.05) is 0 Å². The highest BCUT2D eigenvalue weighted by atomic mass is 32.2. The van der Waals surface area contributed by atoms with Crippen molar-refractivity contribution < 1.29 is 36.3 Å². The van der Waals surface area contributed by atoms with Crippen molar-refractivity contribution in [3.05, 3.63) is 65.0 Å². The fraction of sp³-hybridized carbons (Fsp3) is 0.423. The molecule has 0 aliphatic carbocycles. The Morgan fingerprint density at radius 2 is 1.88 bits per heavy atom. The number of Topliss-reactive ketones (excluding diaryl/α,β-unsaturated/α-hetero) is 1. The van der Waals surface area contributed by atoms with Crippen LogP contribution >= 0.6 is 0 Å². The number of likely N-dealkylation sites (tertiary alicyclic amines) is 1. The number of hydrogen-bond donors (Lipinski definition) is 1. The molecule has 0 saturated carbocycles. The summed E-state index contributed by atoms with van der Waals surface area (Å²) in [6.07, 6.45) is -0.323. The lowest BCUT2D eigenvalue weighted by molar-refractivity contribution is -0.128. The molecule has 0 spiro atoms. The number of rotatable bonds is 4. The van der Waals surface area contributed by atoms with Crippen molar-refractivity contribution in [1.82, 2.24) is 19.5 Å². The topological polar surface area (TPSA) is 138 Å². The van der Waals surface area contributed by atoms with Crippen LogP contribution in [0.15, 0.2) is 41.5 Å². The quantitative estimate of drug-likeness (QED) is 0.551. The first-order chi connectivity index (χ1) is 18.5. The second kappa shape index (κ2) is 10.2. The molecule has 2 aliphatic rings. The highest BCUT2D eigenvalue weighted by Crippen LogP contribution is 2.45. The first-order valence-corrected chi connectivity index (χ1v) is 13.8. The van der Waals surface area contributed by atoms with E-state index in [1.165, 1.54) is 37.1 Å². The van der Waals surface area contributed by atoms with Crippen LogP contribution in [-0.4, -0.2) is 77.3 Å². The molecule has 2 amide bonds. The Kier molecular flexibility index (Phi) is 7.43. The maximum absolute atomic E-state index is 15.5. The molecule has 1 N–H and O–H groups in total. The van der Waals surface area contributed by atoms with Gasteiger partial charge in [0.1, 0.15) is 33.7 Å². The normalized spacial score (nSPS) is 21.9. The Bertz CT molecular complexity index is 1510. The van der Waals surface area contributed by atoms with Crippen LogP contribution in [0.3, 0.4) is 0 Å². The summed E-state index contributed by atoms with van der Waals surface area (Å²) < 4.78 is 62.2. The highest BCUT2D eigenvalue weighted by molar-refractivity contribution is 7.90. The number of sulfonamides is 1. The van der Waals surface area contributed by atoms with E-state index in [-0.39, 0.29) is 30.8 Å². The lowest BCUT2D eigenvalue weighted by atomic mass is 9.86. The third kappa shape index (κ3) is 5.53. The van der Waals surface area contributed by atoms with Crippen LogP contribution in [0, 0.1) is 11.6 Å². The molecule has 3 heterocycles. The average molecular weight is 578 g/mol. The standard InChI is InChI=1S/C26H29F2N5O6S/c1-15(34)33-13-22-26(14-33,31-23(32(5)40(22,37)38)30-24(36)39-25(2,3)4)18-10-16(6-8-19(18)28)11-21(35)20-9-7-17(27)12-29-20/h6-10,12,22H,11,13-14H2,1-5H3,(H,30,31,36). The fourth-order valence-electron chi connectivity index (χ4n) is 4.72. The molecule has 1 aromatic carbocycles. The summed E-state index contributed by atoms with van der Waals surface area (Å²) in [6.45, 7) is 5.56. The number of halogens is 2. The van der Waals surface area contributed by atoms with Gasteiger partial charge in [-0.15, -0.1) is 0 Å². The smallest absolute Gasteiger partial charge is 0.414 e. The summed E-state index contributed by atoms with van der Waals surface area (Å²) in [7, 11) is -3.10. The first kappa shape index (κ1) is 29.1. The summed E-state index contributed by atoms with van der Waals surface area (Å²) >= 11 is 0. The number of aromatic nitrogens is 1. The van der Waals surface area contributed by atoms with Crippen LogP contribution in [0.4, 0.5) is 13.6 Å². The van der Waals surface area contributed by atoms with Crippen LogP contribution in [0.2, 0.25) is 0 Å². The molecule has 11 nitrogen and oxygen atoms in total. The summed E-state index contributed by atoms with van der Waals surface area (Å²) in [5.41, 5.74) is -2.61. The van der Waals surface area contributed by atoms with Crippen LogP contribution < -0.4 is 5.32 Å². The van der Waals surface area contributed by atoms with E-state index in [0.717, 1.165) is 22.6 Å². The predicted octanol–water partition coefficient (Wildman–Crippen LogP) is 2.37. The van der Waals surface area contributed by atoms with E-state index >= 15 is 4.39 Å². The molecule has 2 atom stereocenters. The number of aliphatic imine (C=N–C) groups is 1. The van der Waals surface area contributed by atoms with E-state index in [2.05, 4.69) is 15.3 Å². The van der Waals surface area contributed by atoms with Gasteiger partial charge in [-0.2, -0.15) is 0 Å². The third-order valence-electron chi connectivity index (χ3n) is 6.63. The zero-order valence-electron chi connectivity index (χ0n) is 22.6. The van der Waals surface area contributed by atoms with Gasteiger partial charge in [0.15, 0.2) is 5.78 Å². The first-order valence-electron chi connectivity index (χ1n) is 12.3. The van der Waals surface area contributed by atoms with Crippen LogP contribution in [0.5, 0.6) is 0 Å². The molecular formula is C26H29F2N5O6S. The number of ether oxygens (including phenoxy) is 1. The summed E-state index contributed by atoms with van der Waals surface area (Å²) in [6, 6.07) is 6.08. The minimum Gasteiger partial charge on any atom is -0.444 e. The summed E-state index contributed by atoms with van der Waals surface area (Å²) in [5.74, 6) is -2.76. The maximum atomic E-state index is 15.5. The number of alkyl carbamates (subject to hydrolysis) is 1. The number of amides is 2. The Hall–Kier alpha value is -3.94. The van der Waals surface area contributed by atoms with Crippen molar-refractivity contribution >= 4 is 33.8 Å². The minimum atomic E-state index is -4.29. The second-order valence-electron chi connectivity index (χ2n) is 10.7. The number of hydrogen-bond acceptors (Lipinski definition) is 8. The number of ketones is 1. The minimum absolute atomic E-state index is 0.00401. The lowest BCUT2D eigenvalue weighted by Gasteiger charge is -2.39. The van der Waals surface area contributed by atoms with Gasteiger partial charge in [-0.3, -0.25) is 19.9 Å². The molecule has 4 rings (SSSR count). The molecule has 1 saturated heterocycles. The SMILES string of the molecule is CC(=O)N1CC2C(c3cc(CC(=O)c4ccc(F)cn4)ccc3F)(C1)N=C(NC(=O)OC(C)(C)C)N(C)S2(=O)=O. The Balaban J connectivity index is 1.82. The molecule has 0 bridgehead atoms. The Labute approximate surface area is 230 Å². The molecule has 1 aromatic heterocycles. The van der Waals surface area contributed by atoms with Crippen LogP contribution in [-0.2, 0) is 31.5 Å². The fourth-order valence-corrected chi connectivity index (χ4v) is 6.54. The van der Waals surface area contributed by atoms with Gasteiger partial charge in [0, 0.05) is 32.5 Å². The van der Waals surface area contributed by atoms with Crippen molar-refractivity contribution in [2.75, 3.05) is 20.1 Å². The molecule has 2 unspecified atom stereocenters. The van der Waals surface area contributed by atoms with Gasteiger partial charge in [0.2, 0.25) is 21.9 Å². The molecule has 2 aliphatic heterocycles. The largest absolute Gasteiger partial charge is 0.444 e. The molecule has 0 radical (unpaired) electrons. The number of fused-ring (bicyclic) bond motifs is 1. The Morgan fingerprint density at radius 3 is 2.48 bits per heavy atom. The van der Waals surface area contributed by atoms with Gasteiger partial charge in [0.05, 0.1) is 12.7 Å². The molecular weight excluding hydrogens is 548 g/mol. The molecule has 40 heavy (non-hydrogen) atoms. The number of carbonyl (C=O) groups excluding carboxylic acids is 3. The van der Waals surface area contributed by atoms with Crippen molar-refractivity contribution in [3.63, 3.8) is 0 Å². The second-order valence-corrected chi connectivity index (χ2v) is 12.8. The van der Waals surface area contributed by atoms with Gasteiger partial charge in [-0.05, 0) is 50.6 Å². The number of guanidine groups is 1.